The Labute approximate surface area is 236 Å². The number of pyridine rings is 1. The van der Waals surface area contributed by atoms with Crippen LogP contribution in [0.4, 0.5) is 19.6 Å². The molecule has 9 nitrogen and oxygen atoms in total. The molecule has 1 aliphatic heterocycles. The number of nitrogens with zero attached hydrogens (tertiary/aromatic N) is 5. The van der Waals surface area contributed by atoms with Gasteiger partial charge in [0.05, 0.1) is 29.0 Å². The summed E-state index contributed by atoms with van der Waals surface area (Å²) in [6, 6.07) is 8.64. The second-order valence-electron chi connectivity index (χ2n) is 10.1. The molecule has 1 amide bonds. The fourth-order valence-electron chi connectivity index (χ4n) is 4.86. The first kappa shape index (κ1) is 27.4. The highest BCUT2D eigenvalue weighted by molar-refractivity contribution is 8.01. The number of carbonyl (C=O) groups excluding carboxylic acids is 2. The van der Waals surface area contributed by atoms with Gasteiger partial charge in [-0.1, -0.05) is 43.0 Å². The molecular weight excluding hydrogens is 556 g/mol. The van der Waals surface area contributed by atoms with Crippen molar-refractivity contribution in [3.8, 4) is 6.07 Å². The molecule has 0 fully saturated rings. The molecule has 0 radical (unpaired) electrons. The van der Waals surface area contributed by atoms with E-state index in [1.807, 2.05) is 19.9 Å². The molecule has 3 N–H and O–H groups in total. The molecule has 1 atom stereocenters. The second-order valence-corrected chi connectivity index (χ2v) is 12.3. The predicted octanol–water partition coefficient (Wildman–Crippen LogP) is 4.88. The van der Waals surface area contributed by atoms with Gasteiger partial charge in [-0.25, -0.2) is 8.78 Å². The van der Waals surface area contributed by atoms with Crippen molar-refractivity contribution < 1.29 is 18.4 Å². The monoisotopic (exact) mass is 579 g/mol. The van der Waals surface area contributed by atoms with Gasteiger partial charge in [-0.3, -0.25) is 19.5 Å². The first-order valence-corrected chi connectivity index (χ1v) is 14.0. The Morgan fingerprint density at radius 2 is 2.10 bits per heavy atom. The molecule has 1 aliphatic carbocycles. The Kier molecular flexibility index (Phi) is 7.39. The van der Waals surface area contributed by atoms with Crippen LogP contribution in [0.15, 0.2) is 69.7 Å². The first-order valence-electron chi connectivity index (χ1n) is 12.1. The van der Waals surface area contributed by atoms with Crippen molar-refractivity contribution in [1.82, 2.24) is 15.2 Å². The third-order valence-corrected chi connectivity index (χ3v) is 8.56. The van der Waals surface area contributed by atoms with E-state index in [0.29, 0.717) is 45.2 Å². The van der Waals surface area contributed by atoms with Crippen LogP contribution in [0.5, 0.6) is 0 Å². The largest absolute Gasteiger partial charge is 0.384 e. The Morgan fingerprint density at radius 3 is 2.80 bits per heavy atom. The number of benzene rings is 1. The fraction of sp³-hybridized carbons (Fsp3) is 0.259. The summed E-state index contributed by atoms with van der Waals surface area (Å²) in [5.74, 6) is -2.82. The summed E-state index contributed by atoms with van der Waals surface area (Å²) in [5.41, 5.74) is 8.17. The maximum Gasteiger partial charge on any atom is 0.234 e. The van der Waals surface area contributed by atoms with Crippen molar-refractivity contribution in [1.29, 1.82) is 5.26 Å². The number of ketones is 1. The van der Waals surface area contributed by atoms with E-state index in [1.165, 1.54) is 0 Å². The Morgan fingerprint density at radius 1 is 1.30 bits per heavy atom. The number of hydrogen-bond donors (Lipinski definition) is 2. The zero-order valence-corrected chi connectivity index (χ0v) is 23.1. The van der Waals surface area contributed by atoms with Gasteiger partial charge in [0, 0.05) is 36.2 Å². The first-order chi connectivity index (χ1) is 19.1. The molecule has 13 heteroatoms. The van der Waals surface area contributed by atoms with Gasteiger partial charge in [-0.05, 0) is 35.6 Å². The number of nitriles is 1. The van der Waals surface area contributed by atoms with Crippen molar-refractivity contribution in [2.24, 2.45) is 11.1 Å². The quantitative estimate of drug-likeness (QED) is 0.391. The fourth-order valence-corrected chi connectivity index (χ4v) is 6.54. The molecule has 0 saturated carbocycles. The number of hydrogen-bond acceptors (Lipinski definition) is 10. The van der Waals surface area contributed by atoms with Crippen LogP contribution in [0.25, 0.3) is 0 Å². The topological polar surface area (TPSA) is 138 Å². The number of amides is 1. The molecule has 2 aromatic heterocycles. The summed E-state index contributed by atoms with van der Waals surface area (Å²) in [6.07, 6.45) is 4.08. The van der Waals surface area contributed by atoms with Crippen LogP contribution in [0.1, 0.15) is 38.2 Å². The molecule has 3 heterocycles. The van der Waals surface area contributed by atoms with Gasteiger partial charge in [0.15, 0.2) is 10.1 Å². The maximum absolute atomic E-state index is 13.9. The Balaban J connectivity index is 1.44. The van der Waals surface area contributed by atoms with E-state index in [2.05, 4.69) is 26.6 Å². The van der Waals surface area contributed by atoms with Crippen LogP contribution in [-0.2, 0) is 9.59 Å². The van der Waals surface area contributed by atoms with Gasteiger partial charge in [0.1, 0.15) is 17.5 Å². The average Bonchev–Trinajstić information content (AvgIpc) is 3.36. The number of carbonyl (C=O) groups is 2. The summed E-state index contributed by atoms with van der Waals surface area (Å²) >= 11 is 2.22. The van der Waals surface area contributed by atoms with E-state index < -0.39 is 23.5 Å². The maximum atomic E-state index is 13.9. The number of halogens is 2. The lowest BCUT2D eigenvalue weighted by Gasteiger charge is -2.42. The Bertz CT molecular complexity index is 1610. The minimum Gasteiger partial charge on any atom is -0.384 e. The van der Waals surface area contributed by atoms with Crippen LogP contribution in [0, 0.1) is 28.4 Å². The molecule has 3 aromatic rings. The van der Waals surface area contributed by atoms with E-state index in [0.717, 1.165) is 35.2 Å². The molecule has 2 aliphatic rings. The van der Waals surface area contributed by atoms with Crippen LogP contribution in [0.2, 0.25) is 0 Å². The van der Waals surface area contributed by atoms with E-state index >= 15 is 0 Å². The van der Waals surface area contributed by atoms with E-state index in [-0.39, 0.29) is 34.0 Å². The minimum absolute atomic E-state index is 0.0748. The highest BCUT2D eigenvalue weighted by Gasteiger charge is 2.45. The lowest BCUT2D eigenvalue weighted by atomic mass is 9.69. The molecule has 1 unspecified atom stereocenters. The summed E-state index contributed by atoms with van der Waals surface area (Å²) in [5, 5.41) is 21.3. The number of anilines is 2. The number of rotatable bonds is 6. The third-order valence-electron chi connectivity index (χ3n) is 6.52. The van der Waals surface area contributed by atoms with Crippen molar-refractivity contribution in [3.63, 3.8) is 0 Å². The molecule has 0 bridgehead atoms. The van der Waals surface area contributed by atoms with Crippen molar-refractivity contribution in [3.05, 3.63) is 82.6 Å². The Hall–Kier alpha value is -4.15. The van der Waals surface area contributed by atoms with Gasteiger partial charge in [0.2, 0.25) is 11.0 Å². The average molecular weight is 580 g/mol. The highest BCUT2D eigenvalue weighted by atomic mass is 32.2. The number of nitrogens with one attached hydrogen (secondary N) is 1. The molecule has 5 rings (SSSR count). The smallest absolute Gasteiger partial charge is 0.234 e. The van der Waals surface area contributed by atoms with Gasteiger partial charge in [-0.2, -0.15) is 5.26 Å². The van der Waals surface area contributed by atoms with E-state index in [9.17, 15) is 23.6 Å². The summed E-state index contributed by atoms with van der Waals surface area (Å²) in [7, 11) is 0. The van der Waals surface area contributed by atoms with Crippen LogP contribution >= 0.6 is 23.1 Å². The van der Waals surface area contributed by atoms with Gasteiger partial charge < -0.3 is 11.1 Å². The standard InChI is InChI=1S/C27H23F2N7O2S2/c1-27(2)9-19-23(20(37)10-27)22(14-4-3-7-32-12-14)16(11-30)24(31)36(19)25-34-35-26(40-25)39-13-21(38)33-18-6-5-15(28)8-17(18)29/h3-8,12,22H,9-10,13,31H2,1-2H3,(H,33,38). The number of aromatic nitrogens is 3. The van der Waals surface area contributed by atoms with Gasteiger partial charge in [0.25, 0.3) is 0 Å². The summed E-state index contributed by atoms with van der Waals surface area (Å²) < 4.78 is 27.4. The zero-order valence-electron chi connectivity index (χ0n) is 21.4. The molecule has 204 valence electrons. The number of Topliss-reactive ketones (excluding diaryl/α,β-unsaturated/α-hetero) is 1. The van der Waals surface area contributed by atoms with Crippen molar-refractivity contribution >= 4 is 45.6 Å². The summed E-state index contributed by atoms with van der Waals surface area (Å²) in [6.45, 7) is 3.99. The normalized spacial score (nSPS) is 18.4. The molecular formula is C27H23F2N7O2S2. The zero-order chi connectivity index (χ0) is 28.6. The summed E-state index contributed by atoms with van der Waals surface area (Å²) in [4.78, 5) is 31.7. The highest BCUT2D eigenvalue weighted by Crippen LogP contribution is 2.50. The van der Waals surface area contributed by atoms with Crippen LogP contribution in [0.3, 0.4) is 0 Å². The molecule has 0 saturated heterocycles. The molecule has 1 aromatic carbocycles. The second kappa shape index (κ2) is 10.8. The van der Waals surface area contributed by atoms with Crippen molar-refractivity contribution in [2.45, 2.75) is 36.9 Å². The van der Waals surface area contributed by atoms with E-state index in [1.54, 1.807) is 23.4 Å². The van der Waals surface area contributed by atoms with Crippen LogP contribution in [-0.4, -0.2) is 32.6 Å². The molecule has 0 spiro atoms. The lowest BCUT2D eigenvalue weighted by molar-refractivity contribution is -0.118. The van der Waals surface area contributed by atoms with E-state index in [4.69, 9.17) is 5.73 Å². The predicted molar refractivity (Wildman–Crippen MR) is 147 cm³/mol. The number of thioether (sulfide) groups is 1. The lowest BCUT2D eigenvalue weighted by Crippen LogP contribution is -2.42. The van der Waals surface area contributed by atoms with Gasteiger partial charge in [-0.15, -0.1) is 10.2 Å². The number of nitrogens with two attached hydrogens (primary N) is 1. The number of allylic oxidation sites excluding steroid dienone is 3. The molecule has 40 heavy (non-hydrogen) atoms. The minimum atomic E-state index is -0.879. The van der Waals surface area contributed by atoms with Gasteiger partial charge >= 0.3 is 0 Å². The SMILES string of the molecule is CC1(C)CC(=O)C2=C(C1)N(c1nnc(SCC(=O)Nc3ccc(F)cc3F)s1)C(N)=C(C#N)C2c1cccnc1. The van der Waals surface area contributed by atoms with Crippen molar-refractivity contribution in [2.75, 3.05) is 16.0 Å². The van der Waals surface area contributed by atoms with Crippen LogP contribution < -0.4 is 16.0 Å². The third kappa shape index (κ3) is 5.32.